The summed E-state index contributed by atoms with van der Waals surface area (Å²) in [4.78, 5) is 14.8. The second-order valence-corrected chi connectivity index (χ2v) is 24.3. The van der Waals surface area contributed by atoms with Gasteiger partial charge >= 0.3 is 0 Å². The third-order valence-corrected chi connectivity index (χ3v) is 16.3. The van der Waals surface area contributed by atoms with Crippen molar-refractivity contribution in [3.05, 3.63) is 131 Å². The molecule has 0 fully saturated rings. The van der Waals surface area contributed by atoms with Crippen LogP contribution < -0.4 is 20.2 Å². The Morgan fingerprint density at radius 2 is 0.878 bits per heavy atom. The molecule has 0 spiro atoms. The van der Waals surface area contributed by atoms with Gasteiger partial charge in [-0.1, -0.05) is 271 Å². The van der Waals surface area contributed by atoms with Crippen molar-refractivity contribution < 1.29 is 9.47 Å². The van der Waals surface area contributed by atoms with Gasteiger partial charge in [-0.15, -0.1) is 0 Å². The SMILES string of the molecule is [C-]#[N+]/C(c1ccccn1)=c1\c2c(-c3cccc(OCC(C)C)c3)n(B(CCCCCCCC)CCCCCCCC)/c(=C(/C#N)c3ccccn3)c2c(-c2cccc(OCC(C)C)c2)n1B(CCCCCCCC)CCCCCCCC. The second kappa shape index (κ2) is 36.6. The van der Waals surface area contributed by atoms with Gasteiger partial charge in [-0.3, -0.25) is 9.97 Å². The summed E-state index contributed by atoms with van der Waals surface area (Å²) in [7, 11) is 0. The minimum Gasteiger partial charge on any atom is -0.493 e. The van der Waals surface area contributed by atoms with Crippen LogP contribution in [0.15, 0.2) is 97.3 Å². The molecule has 0 bridgehead atoms. The Hall–Kier alpha value is -5.99. The predicted octanol–water partition coefficient (Wildman–Crippen LogP) is 19.6. The molecule has 6 aromatic rings. The fourth-order valence-corrected chi connectivity index (χ4v) is 12.1. The van der Waals surface area contributed by atoms with Crippen molar-refractivity contribution in [1.82, 2.24) is 18.9 Å². The van der Waals surface area contributed by atoms with Crippen molar-refractivity contribution in [1.29, 1.82) is 5.26 Å². The maximum atomic E-state index is 12.1. The van der Waals surface area contributed by atoms with Gasteiger partial charge in [0.05, 0.1) is 36.5 Å². The molecular formula is C72H102B2N6O2. The highest BCUT2D eigenvalue weighted by Gasteiger charge is 2.35. The summed E-state index contributed by atoms with van der Waals surface area (Å²) < 4.78 is 18.6. The number of hydrogen-bond acceptors (Lipinski definition) is 5. The van der Waals surface area contributed by atoms with Gasteiger partial charge in [0.15, 0.2) is 0 Å². The molecule has 6 rings (SSSR count). The molecule has 0 N–H and O–H groups in total. The van der Waals surface area contributed by atoms with Crippen LogP contribution in [-0.4, -0.2) is 45.8 Å². The Labute approximate surface area is 497 Å². The maximum Gasteiger partial charge on any atom is 0.260 e. The van der Waals surface area contributed by atoms with Crippen LogP contribution in [-0.2, 0) is 0 Å². The second-order valence-electron chi connectivity index (χ2n) is 24.3. The lowest BCUT2D eigenvalue weighted by atomic mass is 9.53. The number of aromatic nitrogens is 4. The first-order valence-corrected chi connectivity index (χ1v) is 32.8. The Balaban J connectivity index is 1.93. The summed E-state index contributed by atoms with van der Waals surface area (Å²) in [5, 5.41) is 15.9. The smallest absolute Gasteiger partial charge is 0.260 e. The lowest BCUT2D eigenvalue weighted by Crippen LogP contribution is -2.38. The Bertz CT molecular complexity index is 2770. The normalized spacial score (nSPS) is 12.2. The summed E-state index contributed by atoms with van der Waals surface area (Å²) >= 11 is 0. The van der Waals surface area contributed by atoms with E-state index >= 15 is 0 Å². The standard InChI is InChI=1S/C72H102B2N6O2/c1-10-14-18-22-26-32-46-73(47-33-27-23-19-15-11-2)79-70(60-41-39-43-62(53-60)82-56-58(7)8)67-66(71(79)63(54-75)64-44-30-36-50-77-64)69(59-40-38-42-61(52-59)81-55-57(5)6)80(72(67)68(76-9)65-45-31-37-51-78-65)74(48-34-28-24-20-16-12-3)49-35-29-25-21-17-13-4/h30-31,36-45,50-53,57-58H,10-29,32-35,46-49,55-56H2,1-8H3/b71-63-,72-68+. The molecule has 10 heteroatoms. The van der Waals surface area contributed by atoms with Crippen LogP contribution in [0.2, 0.25) is 25.3 Å². The summed E-state index contributed by atoms with van der Waals surface area (Å²) in [5.74, 6) is 2.30. The largest absolute Gasteiger partial charge is 0.493 e. The number of rotatable bonds is 40. The molecule has 438 valence electrons. The van der Waals surface area contributed by atoms with Crippen molar-refractivity contribution >= 4 is 35.7 Å². The maximum absolute atomic E-state index is 12.1. The lowest BCUT2D eigenvalue weighted by Gasteiger charge is -2.24. The van der Waals surface area contributed by atoms with Crippen molar-refractivity contribution in [2.24, 2.45) is 11.8 Å². The average Bonchev–Trinajstić information content (AvgIpc) is 2.12. The zero-order valence-corrected chi connectivity index (χ0v) is 52.3. The van der Waals surface area contributed by atoms with Crippen molar-refractivity contribution in [2.45, 2.75) is 235 Å². The summed E-state index contributed by atoms with van der Waals surface area (Å²) in [6, 6.07) is 32.3. The number of ether oxygens (including phenoxy) is 2. The first-order valence-electron chi connectivity index (χ1n) is 32.8. The molecule has 0 radical (unpaired) electrons. The van der Waals surface area contributed by atoms with E-state index in [0.29, 0.717) is 47.7 Å². The van der Waals surface area contributed by atoms with Crippen LogP contribution in [0.5, 0.6) is 11.5 Å². The molecular weight excluding hydrogens is 1000 g/mol. The van der Waals surface area contributed by atoms with E-state index in [1.54, 1.807) is 0 Å². The quantitative estimate of drug-likeness (QED) is 0.0217. The highest BCUT2D eigenvalue weighted by atomic mass is 16.5. The fourth-order valence-electron chi connectivity index (χ4n) is 12.1. The number of pyridine rings is 2. The van der Waals surface area contributed by atoms with E-state index < -0.39 is 0 Å². The summed E-state index contributed by atoms with van der Waals surface area (Å²) in [6.45, 7) is 28.7. The van der Waals surface area contributed by atoms with E-state index in [0.717, 1.165) is 132 Å². The van der Waals surface area contributed by atoms with Gasteiger partial charge < -0.3 is 18.4 Å². The first-order chi connectivity index (χ1) is 40.2. The third kappa shape index (κ3) is 19.0. The minimum absolute atomic E-state index is 0.0326. The summed E-state index contributed by atoms with van der Waals surface area (Å²) in [6.07, 6.45) is 36.2. The molecule has 8 nitrogen and oxygen atoms in total. The molecule has 4 heterocycles. The van der Waals surface area contributed by atoms with Crippen LogP contribution in [0.25, 0.3) is 49.4 Å². The molecule has 0 aliphatic heterocycles. The lowest BCUT2D eigenvalue weighted by molar-refractivity contribution is 0.271. The highest BCUT2D eigenvalue weighted by molar-refractivity contribution is 6.59. The van der Waals surface area contributed by atoms with Crippen LogP contribution in [0, 0.1) is 29.7 Å². The molecule has 2 aromatic carbocycles. The number of benzene rings is 2. The Morgan fingerprint density at radius 3 is 1.24 bits per heavy atom. The van der Waals surface area contributed by atoms with Gasteiger partial charge in [0, 0.05) is 51.0 Å². The van der Waals surface area contributed by atoms with E-state index in [9.17, 15) is 11.8 Å². The monoisotopic (exact) mass is 1100 g/mol. The molecule has 0 saturated heterocycles. The zero-order valence-electron chi connectivity index (χ0n) is 52.3. The van der Waals surface area contributed by atoms with Gasteiger partial charge in [0.25, 0.3) is 13.7 Å². The molecule has 0 saturated carbocycles. The number of fused-ring (bicyclic) bond motifs is 1. The van der Waals surface area contributed by atoms with E-state index in [1.165, 1.54) is 103 Å². The fraction of sp³-hybridized carbons (Fsp3) is 0.556. The highest BCUT2D eigenvalue weighted by Crippen LogP contribution is 2.40. The number of hydrogen-bond donors (Lipinski definition) is 0. The predicted molar refractivity (Wildman–Crippen MR) is 351 cm³/mol. The number of nitriles is 1. The molecule has 0 aliphatic carbocycles. The first kappa shape index (κ1) is 65.2. The van der Waals surface area contributed by atoms with Crippen LogP contribution in [0.3, 0.4) is 0 Å². The van der Waals surface area contributed by atoms with Crippen LogP contribution >= 0.6 is 0 Å². The topological polar surface area (TPSA) is 82.2 Å². The van der Waals surface area contributed by atoms with E-state index in [2.05, 4.69) is 124 Å². The van der Waals surface area contributed by atoms with Gasteiger partial charge in [0.1, 0.15) is 23.1 Å². The number of unbranched alkanes of at least 4 members (excludes halogenated alkanes) is 20. The van der Waals surface area contributed by atoms with E-state index in [1.807, 2.05) is 48.8 Å². The Morgan fingerprint density at radius 1 is 0.500 bits per heavy atom. The van der Waals surface area contributed by atoms with E-state index in [-0.39, 0.29) is 13.7 Å². The van der Waals surface area contributed by atoms with Gasteiger partial charge in [-0.25, -0.2) is 4.85 Å². The van der Waals surface area contributed by atoms with Crippen molar-refractivity contribution in [3.8, 4) is 40.1 Å². The summed E-state index contributed by atoms with van der Waals surface area (Å²) in [5.41, 5.74) is 6.45. The van der Waals surface area contributed by atoms with Crippen LogP contribution in [0.4, 0.5) is 0 Å². The number of nitrogens with zero attached hydrogens (tertiary/aromatic N) is 6. The van der Waals surface area contributed by atoms with Gasteiger partial charge in [-0.05, 0) is 60.4 Å². The third-order valence-electron chi connectivity index (χ3n) is 16.3. The molecule has 0 unspecified atom stereocenters. The van der Waals surface area contributed by atoms with Crippen molar-refractivity contribution in [3.63, 3.8) is 0 Å². The van der Waals surface area contributed by atoms with Gasteiger partial charge in [0.2, 0.25) is 5.70 Å². The molecule has 0 amide bonds. The zero-order chi connectivity index (χ0) is 58.3. The minimum atomic E-state index is 0.0326. The molecule has 0 atom stereocenters. The molecule has 82 heavy (non-hydrogen) atoms. The molecule has 0 aliphatic rings. The molecule has 4 aromatic heterocycles. The van der Waals surface area contributed by atoms with Crippen molar-refractivity contribution in [2.75, 3.05) is 13.2 Å². The van der Waals surface area contributed by atoms with Crippen LogP contribution in [0.1, 0.15) is 221 Å². The van der Waals surface area contributed by atoms with E-state index in [4.69, 9.17) is 19.4 Å². The average molecular weight is 1110 g/mol. The Kier molecular flexibility index (Phi) is 29.1. The van der Waals surface area contributed by atoms with Gasteiger partial charge in [-0.2, -0.15) is 5.26 Å².